The van der Waals surface area contributed by atoms with Crippen LogP contribution in [-0.4, -0.2) is 29.4 Å². The number of rotatable bonds is 5. The van der Waals surface area contributed by atoms with Gasteiger partial charge in [-0.1, -0.05) is 30.3 Å². The van der Waals surface area contributed by atoms with Gasteiger partial charge in [0.2, 0.25) is 5.91 Å². The molecule has 0 atom stereocenters. The van der Waals surface area contributed by atoms with Gasteiger partial charge in [-0.2, -0.15) is 0 Å². The van der Waals surface area contributed by atoms with Gasteiger partial charge in [0.15, 0.2) is 11.5 Å². The maximum absolute atomic E-state index is 11.4. The predicted octanol–water partition coefficient (Wildman–Crippen LogP) is 6.60. The molecule has 0 radical (unpaired) electrons. The molecule has 1 amide bonds. The van der Waals surface area contributed by atoms with Crippen molar-refractivity contribution in [1.29, 1.82) is 0 Å². The Hall–Kier alpha value is -3.60. The molecule has 36 heavy (non-hydrogen) atoms. The molecule has 3 aromatic carbocycles. The minimum Gasteiger partial charge on any atom is -0.490 e. The van der Waals surface area contributed by atoms with Crippen LogP contribution in [0.1, 0.15) is 63.8 Å². The molecule has 0 unspecified atom stereocenters. The van der Waals surface area contributed by atoms with E-state index in [0.29, 0.717) is 6.61 Å². The number of nitrogens with one attached hydrogen (secondary N) is 1. The lowest BCUT2D eigenvalue weighted by atomic mass is 9.80. The quantitative estimate of drug-likeness (QED) is 0.446. The van der Waals surface area contributed by atoms with E-state index in [2.05, 4.69) is 63.3 Å². The van der Waals surface area contributed by atoms with Crippen LogP contribution in [-0.2, 0) is 17.6 Å². The highest BCUT2D eigenvalue weighted by Gasteiger charge is 2.39. The summed E-state index contributed by atoms with van der Waals surface area (Å²) < 4.78 is 12.4. The molecule has 0 bridgehead atoms. The van der Waals surface area contributed by atoms with Gasteiger partial charge in [0.05, 0.1) is 17.9 Å². The van der Waals surface area contributed by atoms with E-state index in [-0.39, 0.29) is 17.0 Å². The first kappa shape index (κ1) is 24.1. The molecule has 5 nitrogen and oxygen atoms in total. The van der Waals surface area contributed by atoms with Crippen molar-refractivity contribution in [2.45, 2.75) is 65.5 Å². The number of anilines is 1. The molecule has 2 aliphatic heterocycles. The van der Waals surface area contributed by atoms with E-state index in [0.717, 1.165) is 52.4 Å². The number of ether oxygens (including phenoxy) is 2. The summed E-state index contributed by atoms with van der Waals surface area (Å²) in [7, 11) is 0. The normalized spacial score (nSPS) is 16.9. The fourth-order valence-corrected chi connectivity index (χ4v) is 5.34. The van der Waals surface area contributed by atoms with Gasteiger partial charge in [-0.25, -0.2) is 0 Å². The molecule has 186 valence electrons. The van der Waals surface area contributed by atoms with Gasteiger partial charge < -0.3 is 14.8 Å². The summed E-state index contributed by atoms with van der Waals surface area (Å²) in [4.78, 5) is 16.7. The van der Waals surface area contributed by atoms with Gasteiger partial charge in [-0.05, 0) is 82.0 Å². The highest BCUT2D eigenvalue weighted by molar-refractivity contribution is 6.16. The lowest BCUT2D eigenvalue weighted by molar-refractivity contribution is -0.114. The van der Waals surface area contributed by atoms with Crippen molar-refractivity contribution in [2.75, 3.05) is 11.9 Å². The standard InChI is InChI=1S/C31H34N2O3/c1-7-35-26-16-23-17-30(3,4)33-28(27(23)25-18-31(5,6)36-29(25)26)22-10-8-9-21(15-22)20-11-13-24(14-12-20)32-19(2)34/h8-16H,7,17-18H2,1-6H3,(H,32,34). The van der Waals surface area contributed by atoms with E-state index in [9.17, 15) is 4.79 Å². The summed E-state index contributed by atoms with van der Waals surface area (Å²) >= 11 is 0. The lowest BCUT2D eigenvalue weighted by Gasteiger charge is -2.31. The van der Waals surface area contributed by atoms with Crippen molar-refractivity contribution in [3.8, 4) is 22.6 Å². The Morgan fingerprint density at radius 1 is 1.00 bits per heavy atom. The van der Waals surface area contributed by atoms with E-state index in [1.54, 1.807) is 0 Å². The Balaban J connectivity index is 1.62. The molecule has 0 saturated carbocycles. The van der Waals surface area contributed by atoms with Gasteiger partial charge >= 0.3 is 0 Å². The Kier molecular flexibility index (Phi) is 5.90. The predicted molar refractivity (Wildman–Crippen MR) is 146 cm³/mol. The molecular formula is C31H34N2O3. The number of nitrogens with zero attached hydrogens (tertiary/aromatic N) is 1. The molecule has 5 rings (SSSR count). The monoisotopic (exact) mass is 482 g/mol. The minimum atomic E-state index is -0.293. The van der Waals surface area contributed by atoms with Gasteiger partial charge in [-0.15, -0.1) is 0 Å². The molecule has 0 aliphatic carbocycles. The molecule has 2 aliphatic rings. The number of carbonyl (C=O) groups is 1. The average molecular weight is 483 g/mol. The Bertz CT molecular complexity index is 1370. The number of aliphatic imine (C=N–C) groups is 1. The maximum Gasteiger partial charge on any atom is 0.221 e. The molecule has 1 N–H and O–H groups in total. The molecule has 5 heteroatoms. The second-order valence-corrected chi connectivity index (χ2v) is 11.0. The summed E-state index contributed by atoms with van der Waals surface area (Å²) in [6.45, 7) is 12.8. The largest absolute Gasteiger partial charge is 0.490 e. The van der Waals surface area contributed by atoms with E-state index in [1.807, 2.05) is 31.2 Å². The molecule has 3 aromatic rings. The molecule has 0 fully saturated rings. The molecule has 0 aromatic heterocycles. The van der Waals surface area contributed by atoms with E-state index < -0.39 is 0 Å². The highest BCUT2D eigenvalue weighted by atomic mass is 16.5. The van der Waals surface area contributed by atoms with Crippen LogP contribution in [0, 0.1) is 0 Å². The number of fused-ring (bicyclic) bond motifs is 3. The van der Waals surface area contributed by atoms with Crippen molar-refractivity contribution in [3.63, 3.8) is 0 Å². The number of amides is 1. The van der Waals surface area contributed by atoms with Crippen LogP contribution in [0.2, 0.25) is 0 Å². The Morgan fingerprint density at radius 3 is 2.42 bits per heavy atom. The van der Waals surface area contributed by atoms with E-state index in [4.69, 9.17) is 14.5 Å². The first-order valence-electron chi connectivity index (χ1n) is 12.6. The van der Waals surface area contributed by atoms with Crippen molar-refractivity contribution in [3.05, 3.63) is 76.9 Å². The molecule has 0 spiro atoms. The number of hydrogen-bond donors (Lipinski definition) is 1. The number of benzene rings is 3. The van der Waals surface area contributed by atoms with Crippen molar-refractivity contribution < 1.29 is 14.3 Å². The van der Waals surface area contributed by atoms with Gasteiger partial charge in [0, 0.05) is 35.7 Å². The third kappa shape index (κ3) is 4.62. The SMILES string of the molecule is CCOc1cc2c(c3c1OC(C)(C)C3)C(c1cccc(-c3ccc(NC(C)=O)cc3)c1)=NC(C)(C)C2. The zero-order chi connectivity index (χ0) is 25.7. The van der Waals surface area contributed by atoms with Crippen LogP contribution in [0.5, 0.6) is 11.5 Å². The van der Waals surface area contributed by atoms with Gasteiger partial charge in [0.1, 0.15) is 5.60 Å². The summed E-state index contributed by atoms with van der Waals surface area (Å²) in [5.74, 6) is 1.62. The molecule has 2 heterocycles. The van der Waals surface area contributed by atoms with Crippen LogP contribution in [0.25, 0.3) is 11.1 Å². The van der Waals surface area contributed by atoms with Crippen LogP contribution in [0.4, 0.5) is 5.69 Å². The molecule has 0 saturated heterocycles. The van der Waals surface area contributed by atoms with E-state index in [1.165, 1.54) is 23.6 Å². The van der Waals surface area contributed by atoms with Crippen LogP contribution < -0.4 is 14.8 Å². The number of hydrogen-bond acceptors (Lipinski definition) is 4. The maximum atomic E-state index is 11.4. The summed E-state index contributed by atoms with van der Waals surface area (Å²) in [6, 6.07) is 18.7. The third-order valence-electron chi connectivity index (χ3n) is 6.66. The fraction of sp³-hybridized carbons (Fsp3) is 0.355. The lowest BCUT2D eigenvalue weighted by Crippen LogP contribution is -2.30. The van der Waals surface area contributed by atoms with Crippen molar-refractivity contribution in [2.24, 2.45) is 4.99 Å². The Morgan fingerprint density at radius 2 is 1.72 bits per heavy atom. The van der Waals surface area contributed by atoms with Gasteiger partial charge in [-0.3, -0.25) is 9.79 Å². The smallest absolute Gasteiger partial charge is 0.221 e. The minimum absolute atomic E-state index is 0.0754. The molecular weight excluding hydrogens is 448 g/mol. The van der Waals surface area contributed by atoms with Crippen molar-refractivity contribution in [1.82, 2.24) is 0 Å². The van der Waals surface area contributed by atoms with E-state index >= 15 is 0 Å². The second-order valence-electron chi connectivity index (χ2n) is 11.0. The zero-order valence-electron chi connectivity index (χ0n) is 22.0. The summed E-state index contributed by atoms with van der Waals surface area (Å²) in [5.41, 5.74) is 8.21. The highest BCUT2D eigenvalue weighted by Crippen LogP contribution is 2.48. The van der Waals surface area contributed by atoms with Crippen LogP contribution in [0.15, 0.2) is 59.6 Å². The first-order chi connectivity index (χ1) is 17.0. The van der Waals surface area contributed by atoms with Crippen LogP contribution >= 0.6 is 0 Å². The average Bonchev–Trinajstić information content (AvgIpc) is 3.13. The Labute approximate surface area is 213 Å². The van der Waals surface area contributed by atoms with Gasteiger partial charge in [0.25, 0.3) is 0 Å². The number of carbonyl (C=O) groups excluding carboxylic acids is 1. The van der Waals surface area contributed by atoms with Crippen molar-refractivity contribution >= 4 is 17.3 Å². The summed E-state index contributed by atoms with van der Waals surface area (Å²) in [6.07, 6.45) is 1.67. The topological polar surface area (TPSA) is 59.9 Å². The first-order valence-corrected chi connectivity index (χ1v) is 12.6. The fourth-order valence-electron chi connectivity index (χ4n) is 5.34. The summed E-state index contributed by atoms with van der Waals surface area (Å²) in [5, 5.41) is 2.83. The zero-order valence-corrected chi connectivity index (χ0v) is 22.0. The van der Waals surface area contributed by atoms with Crippen LogP contribution in [0.3, 0.4) is 0 Å². The third-order valence-corrected chi connectivity index (χ3v) is 6.66. The second kappa shape index (κ2) is 8.81.